The molecule has 0 amide bonds. The second-order valence-electron chi connectivity index (χ2n) is 5.35. The molecule has 0 N–H and O–H groups in total. The minimum absolute atomic E-state index is 0.232. The van der Waals surface area contributed by atoms with Gasteiger partial charge in [-0.2, -0.15) is 0 Å². The van der Waals surface area contributed by atoms with Crippen LogP contribution < -0.4 is 0 Å². The van der Waals surface area contributed by atoms with Crippen molar-refractivity contribution in [3.05, 3.63) is 23.3 Å². The van der Waals surface area contributed by atoms with Crippen molar-refractivity contribution < 1.29 is 9.78 Å². The lowest BCUT2D eigenvalue weighted by atomic mass is 10.1. The second kappa shape index (κ2) is 7.64. The fraction of sp³-hybridized carbons (Fsp3) is 0.714. The van der Waals surface area contributed by atoms with Gasteiger partial charge in [0.2, 0.25) is 0 Å². The minimum atomic E-state index is -0.232. The largest absolute Gasteiger partial charge is 0.232 e. The van der Waals surface area contributed by atoms with Crippen molar-refractivity contribution >= 4 is 0 Å². The lowest BCUT2D eigenvalue weighted by Gasteiger charge is -2.16. The van der Waals surface area contributed by atoms with Crippen LogP contribution in [0, 0.1) is 0 Å². The smallest absolute Gasteiger partial charge is 0.101 e. The first-order chi connectivity index (χ1) is 7.31. The Morgan fingerprint density at radius 1 is 1.06 bits per heavy atom. The predicted molar refractivity (Wildman–Crippen MR) is 69.2 cm³/mol. The van der Waals surface area contributed by atoms with Crippen molar-refractivity contribution in [2.24, 2.45) is 0 Å². The van der Waals surface area contributed by atoms with E-state index in [1.165, 1.54) is 11.1 Å². The van der Waals surface area contributed by atoms with Gasteiger partial charge in [0.25, 0.3) is 0 Å². The van der Waals surface area contributed by atoms with Crippen LogP contribution in [0.5, 0.6) is 0 Å². The average Bonchev–Trinajstić information content (AvgIpc) is 2.10. The molecule has 0 aliphatic rings. The third kappa shape index (κ3) is 11.5. The Morgan fingerprint density at radius 3 is 2.19 bits per heavy atom. The summed E-state index contributed by atoms with van der Waals surface area (Å²) in [7, 11) is 0. The van der Waals surface area contributed by atoms with Gasteiger partial charge in [0, 0.05) is 0 Å². The van der Waals surface area contributed by atoms with E-state index in [1.54, 1.807) is 0 Å². The maximum atomic E-state index is 5.17. The highest BCUT2D eigenvalue weighted by molar-refractivity contribution is 5.02. The molecule has 0 aliphatic carbocycles. The third-order valence-electron chi connectivity index (χ3n) is 1.90. The number of rotatable bonds is 6. The van der Waals surface area contributed by atoms with Crippen molar-refractivity contribution in [2.75, 3.05) is 6.61 Å². The zero-order valence-corrected chi connectivity index (χ0v) is 11.6. The molecule has 0 saturated carbocycles. The first kappa shape index (κ1) is 15.4. The quantitative estimate of drug-likeness (QED) is 0.289. The molecule has 0 spiro atoms. The molecule has 0 atom stereocenters. The Morgan fingerprint density at radius 2 is 1.69 bits per heavy atom. The fourth-order valence-electron chi connectivity index (χ4n) is 1.08. The molecule has 0 heterocycles. The van der Waals surface area contributed by atoms with Gasteiger partial charge in [-0.05, 0) is 54.4 Å². The van der Waals surface area contributed by atoms with Gasteiger partial charge in [0.1, 0.15) is 6.61 Å². The van der Waals surface area contributed by atoms with E-state index in [9.17, 15) is 0 Å². The fourth-order valence-corrected chi connectivity index (χ4v) is 1.08. The van der Waals surface area contributed by atoms with Crippen LogP contribution in [-0.4, -0.2) is 12.2 Å². The van der Waals surface area contributed by atoms with E-state index in [2.05, 4.69) is 32.9 Å². The molecule has 0 aromatic heterocycles. The van der Waals surface area contributed by atoms with Crippen LogP contribution in [0.2, 0.25) is 0 Å². The zero-order valence-electron chi connectivity index (χ0n) is 11.6. The minimum Gasteiger partial charge on any atom is -0.232 e. The highest BCUT2D eigenvalue weighted by atomic mass is 17.2. The summed E-state index contributed by atoms with van der Waals surface area (Å²) in [5.74, 6) is 0. The van der Waals surface area contributed by atoms with E-state index >= 15 is 0 Å². The van der Waals surface area contributed by atoms with Gasteiger partial charge in [-0.1, -0.05) is 23.3 Å². The summed E-state index contributed by atoms with van der Waals surface area (Å²) < 4.78 is 0. The van der Waals surface area contributed by atoms with E-state index in [0.29, 0.717) is 6.61 Å². The monoisotopic (exact) mass is 226 g/mol. The average molecular weight is 226 g/mol. The normalized spacial score (nSPS) is 12.8. The molecule has 2 heteroatoms. The molecular weight excluding hydrogens is 200 g/mol. The molecule has 0 radical (unpaired) electrons. The molecule has 0 bridgehead atoms. The van der Waals surface area contributed by atoms with Crippen LogP contribution in [0.1, 0.15) is 54.4 Å². The van der Waals surface area contributed by atoms with Gasteiger partial charge in [-0.25, -0.2) is 9.78 Å². The topological polar surface area (TPSA) is 18.5 Å². The van der Waals surface area contributed by atoms with Crippen molar-refractivity contribution in [2.45, 2.75) is 60.0 Å². The maximum absolute atomic E-state index is 5.17. The summed E-state index contributed by atoms with van der Waals surface area (Å²) in [4.78, 5) is 10.3. The van der Waals surface area contributed by atoms with Gasteiger partial charge in [0.05, 0.1) is 5.60 Å². The third-order valence-corrected chi connectivity index (χ3v) is 1.90. The number of allylic oxidation sites excluding steroid dienone is 3. The second-order valence-corrected chi connectivity index (χ2v) is 5.35. The Hall–Kier alpha value is -0.600. The lowest BCUT2D eigenvalue weighted by Crippen LogP contribution is -2.19. The molecule has 16 heavy (non-hydrogen) atoms. The highest BCUT2D eigenvalue weighted by Crippen LogP contribution is 2.09. The van der Waals surface area contributed by atoms with Crippen molar-refractivity contribution in [1.29, 1.82) is 0 Å². The highest BCUT2D eigenvalue weighted by Gasteiger charge is 2.10. The van der Waals surface area contributed by atoms with Crippen molar-refractivity contribution in [3.8, 4) is 0 Å². The summed E-state index contributed by atoms with van der Waals surface area (Å²) in [5.41, 5.74) is 2.49. The lowest BCUT2D eigenvalue weighted by molar-refractivity contribution is -0.341. The van der Waals surface area contributed by atoms with Crippen LogP contribution in [0.25, 0.3) is 0 Å². The Kier molecular flexibility index (Phi) is 7.35. The first-order valence-corrected chi connectivity index (χ1v) is 5.91. The van der Waals surface area contributed by atoms with Crippen LogP contribution in [0.4, 0.5) is 0 Å². The van der Waals surface area contributed by atoms with E-state index < -0.39 is 0 Å². The standard InChI is InChI=1S/C14H26O2/c1-12(2)8-7-9-13(3)10-11-15-16-14(4,5)6/h8,10H,7,9,11H2,1-6H3/b13-10+. The Balaban J connectivity index is 3.67. The summed E-state index contributed by atoms with van der Waals surface area (Å²) >= 11 is 0. The van der Waals surface area contributed by atoms with Gasteiger partial charge >= 0.3 is 0 Å². The van der Waals surface area contributed by atoms with E-state index in [1.807, 2.05) is 20.8 Å². The Bertz CT molecular complexity index is 240. The van der Waals surface area contributed by atoms with Crippen LogP contribution in [0.3, 0.4) is 0 Å². The molecule has 94 valence electrons. The van der Waals surface area contributed by atoms with Gasteiger partial charge in [-0.3, -0.25) is 0 Å². The summed E-state index contributed by atoms with van der Waals surface area (Å²) in [6.45, 7) is 12.8. The molecule has 0 rings (SSSR count). The first-order valence-electron chi connectivity index (χ1n) is 5.91. The predicted octanol–water partition coefficient (Wildman–Crippen LogP) is 4.43. The van der Waals surface area contributed by atoms with E-state index in [0.717, 1.165) is 12.8 Å². The maximum Gasteiger partial charge on any atom is 0.101 e. The van der Waals surface area contributed by atoms with Crippen LogP contribution >= 0.6 is 0 Å². The van der Waals surface area contributed by atoms with E-state index in [-0.39, 0.29) is 5.60 Å². The van der Waals surface area contributed by atoms with Crippen molar-refractivity contribution in [3.63, 3.8) is 0 Å². The zero-order chi connectivity index (χ0) is 12.6. The van der Waals surface area contributed by atoms with Crippen LogP contribution in [0.15, 0.2) is 23.3 Å². The molecule has 0 fully saturated rings. The molecule has 0 aliphatic heterocycles. The summed E-state index contributed by atoms with van der Waals surface area (Å²) in [6.07, 6.45) is 6.52. The van der Waals surface area contributed by atoms with E-state index in [4.69, 9.17) is 9.78 Å². The molecule has 0 unspecified atom stereocenters. The number of hydrogen-bond donors (Lipinski definition) is 0. The molecule has 0 aromatic carbocycles. The SMILES string of the molecule is CC(C)=CCC/C(C)=C/COOC(C)(C)C. The molecule has 0 aromatic rings. The van der Waals surface area contributed by atoms with Gasteiger partial charge < -0.3 is 0 Å². The van der Waals surface area contributed by atoms with Crippen LogP contribution in [-0.2, 0) is 9.78 Å². The van der Waals surface area contributed by atoms with Crippen molar-refractivity contribution in [1.82, 2.24) is 0 Å². The Labute approximate surface area is 100 Å². The number of hydrogen-bond acceptors (Lipinski definition) is 2. The van der Waals surface area contributed by atoms with Gasteiger partial charge in [-0.15, -0.1) is 0 Å². The molecule has 2 nitrogen and oxygen atoms in total. The molecular formula is C14H26O2. The summed E-state index contributed by atoms with van der Waals surface area (Å²) in [6, 6.07) is 0. The van der Waals surface area contributed by atoms with Gasteiger partial charge in [0.15, 0.2) is 0 Å². The summed E-state index contributed by atoms with van der Waals surface area (Å²) in [5, 5.41) is 0. The molecule has 0 saturated heterocycles.